The van der Waals surface area contributed by atoms with Crippen LogP contribution in [0, 0.1) is 0 Å². The summed E-state index contributed by atoms with van der Waals surface area (Å²) in [5, 5.41) is 12.7. The maximum absolute atomic E-state index is 10.8. The van der Waals surface area contributed by atoms with Gasteiger partial charge in [0.2, 0.25) is 0 Å². The van der Waals surface area contributed by atoms with E-state index in [9.17, 15) is 4.79 Å². The number of aromatic carboxylic acids is 1. The van der Waals surface area contributed by atoms with Gasteiger partial charge in [-0.25, -0.2) is 14.5 Å². The van der Waals surface area contributed by atoms with E-state index in [1.54, 1.807) is 14.2 Å². The van der Waals surface area contributed by atoms with Crippen molar-refractivity contribution in [3.05, 3.63) is 35.7 Å². The molecule has 0 aliphatic heterocycles. The van der Waals surface area contributed by atoms with Crippen LogP contribution in [0.15, 0.2) is 24.3 Å². The van der Waals surface area contributed by atoms with Gasteiger partial charge in [0, 0.05) is 19.7 Å². The highest BCUT2D eigenvalue weighted by Gasteiger charge is 2.14. The number of rotatable bonds is 4. The Labute approximate surface area is 110 Å². The van der Waals surface area contributed by atoms with E-state index in [0.29, 0.717) is 5.82 Å². The van der Waals surface area contributed by atoms with E-state index in [2.05, 4.69) is 10.1 Å². The topological polar surface area (TPSA) is 77.2 Å². The average Bonchev–Trinajstić information content (AvgIpc) is 2.80. The number of hydrogen-bond acceptors (Lipinski definition) is 4. The Balaban J connectivity index is 2.34. The molecule has 2 rings (SSSR count). The van der Waals surface area contributed by atoms with Crippen molar-refractivity contribution >= 4 is 5.97 Å². The SMILES string of the molecule is CO[C@H](C)c1ccc(-c2nc(C(=O)O)nn2C)cc1. The van der Waals surface area contributed by atoms with E-state index in [1.165, 1.54) is 4.68 Å². The second-order valence-electron chi connectivity index (χ2n) is 4.19. The lowest BCUT2D eigenvalue weighted by Crippen LogP contribution is -2.00. The van der Waals surface area contributed by atoms with Crippen molar-refractivity contribution in [1.29, 1.82) is 0 Å². The molecule has 0 fully saturated rings. The molecular weight excluding hydrogens is 246 g/mol. The summed E-state index contributed by atoms with van der Waals surface area (Å²) in [6.07, 6.45) is 0.0168. The molecule has 0 aliphatic carbocycles. The van der Waals surface area contributed by atoms with Gasteiger partial charge in [-0.3, -0.25) is 0 Å². The molecule has 6 nitrogen and oxygen atoms in total. The largest absolute Gasteiger partial charge is 0.475 e. The van der Waals surface area contributed by atoms with E-state index in [-0.39, 0.29) is 11.9 Å². The maximum atomic E-state index is 10.8. The van der Waals surface area contributed by atoms with Crippen LogP contribution < -0.4 is 0 Å². The van der Waals surface area contributed by atoms with Crippen LogP contribution in [0.3, 0.4) is 0 Å². The molecule has 1 heterocycles. The fourth-order valence-corrected chi connectivity index (χ4v) is 1.77. The minimum absolute atomic E-state index is 0.0168. The normalized spacial score (nSPS) is 12.4. The standard InChI is InChI=1S/C13H15N3O3/c1-8(19-3)9-4-6-10(7-5-9)12-14-11(13(17)18)15-16(12)2/h4-8H,1-3H3,(H,17,18)/t8-/m1/s1. The third kappa shape index (κ3) is 2.63. The van der Waals surface area contributed by atoms with Crippen molar-refractivity contribution in [2.75, 3.05) is 7.11 Å². The van der Waals surface area contributed by atoms with Crippen LogP contribution in [0.2, 0.25) is 0 Å². The molecule has 0 radical (unpaired) electrons. The predicted molar refractivity (Wildman–Crippen MR) is 68.8 cm³/mol. The van der Waals surface area contributed by atoms with Crippen LogP contribution >= 0.6 is 0 Å². The summed E-state index contributed by atoms with van der Waals surface area (Å²) in [4.78, 5) is 14.8. The zero-order valence-corrected chi connectivity index (χ0v) is 11.0. The zero-order chi connectivity index (χ0) is 14.0. The van der Waals surface area contributed by atoms with E-state index in [1.807, 2.05) is 31.2 Å². The molecule has 2 aromatic rings. The molecule has 0 unspecified atom stereocenters. The third-order valence-corrected chi connectivity index (χ3v) is 2.95. The highest BCUT2D eigenvalue weighted by molar-refractivity contribution is 5.83. The molecule has 0 saturated heterocycles. The number of aromatic nitrogens is 3. The molecular formula is C13H15N3O3. The Kier molecular flexibility index (Phi) is 3.62. The Bertz CT molecular complexity index is 590. The summed E-state index contributed by atoms with van der Waals surface area (Å²) in [7, 11) is 3.32. The van der Waals surface area contributed by atoms with Crippen LogP contribution in [-0.2, 0) is 11.8 Å². The summed E-state index contributed by atoms with van der Waals surface area (Å²) < 4.78 is 6.69. The van der Waals surface area contributed by atoms with Gasteiger partial charge in [-0.05, 0) is 12.5 Å². The predicted octanol–water partition coefficient (Wildman–Crippen LogP) is 1.89. The lowest BCUT2D eigenvalue weighted by atomic mass is 10.1. The Morgan fingerprint density at radius 2 is 2.00 bits per heavy atom. The van der Waals surface area contributed by atoms with Gasteiger partial charge in [0.25, 0.3) is 5.82 Å². The number of benzene rings is 1. The molecule has 0 spiro atoms. The van der Waals surface area contributed by atoms with Gasteiger partial charge in [-0.2, -0.15) is 0 Å². The van der Waals surface area contributed by atoms with Gasteiger partial charge in [-0.15, -0.1) is 5.10 Å². The van der Waals surface area contributed by atoms with Crippen molar-refractivity contribution in [2.45, 2.75) is 13.0 Å². The number of ether oxygens (including phenoxy) is 1. The highest BCUT2D eigenvalue weighted by Crippen LogP contribution is 2.21. The van der Waals surface area contributed by atoms with Gasteiger partial charge >= 0.3 is 5.97 Å². The number of carboxylic acids is 1. The average molecular weight is 261 g/mol. The quantitative estimate of drug-likeness (QED) is 0.909. The molecule has 0 saturated carbocycles. The molecule has 0 bridgehead atoms. The second-order valence-corrected chi connectivity index (χ2v) is 4.19. The smallest absolute Gasteiger partial charge is 0.375 e. The van der Waals surface area contributed by atoms with Gasteiger partial charge in [0.05, 0.1) is 6.10 Å². The van der Waals surface area contributed by atoms with E-state index >= 15 is 0 Å². The molecule has 6 heteroatoms. The van der Waals surface area contributed by atoms with Crippen LogP contribution in [-0.4, -0.2) is 33.0 Å². The number of carboxylic acid groups (broad SMARTS) is 1. The first kappa shape index (κ1) is 13.2. The Morgan fingerprint density at radius 1 is 1.37 bits per heavy atom. The maximum Gasteiger partial charge on any atom is 0.375 e. The molecule has 19 heavy (non-hydrogen) atoms. The first-order valence-electron chi connectivity index (χ1n) is 5.80. The summed E-state index contributed by atoms with van der Waals surface area (Å²) in [6.45, 7) is 1.96. The molecule has 1 atom stereocenters. The second kappa shape index (κ2) is 5.19. The molecule has 100 valence electrons. The van der Waals surface area contributed by atoms with Crippen LogP contribution in [0.1, 0.15) is 29.2 Å². The molecule has 1 aromatic heterocycles. The number of methoxy groups -OCH3 is 1. The molecule has 0 aliphatic rings. The van der Waals surface area contributed by atoms with Crippen molar-refractivity contribution < 1.29 is 14.6 Å². The van der Waals surface area contributed by atoms with Gasteiger partial charge in [0.1, 0.15) is 0 Å². The Morgan fingerprint density at radius 3 is 2.47 bits per heavy atom. The van der Waals surface area contributed by atoms with Crippen molar-refractivity contribution in [1.82, 2.24) is 14.8 Å². The fraction of sp³-hybridized carbons (Fsp3) is 0.308. The number of carbonyl (C=O) groups is 1. The van der Waals surface area contributed by atoms with Crippen LogP contribution in [0.4, 0.5) is 0 Å². The van der Waals surface area contributed by atoms with Gasteiger partial charge in [0.15, 0.2) is 5.82 Å². The minimum Gasteiger partial charge on any atom is -0.475 e. The van der Waals surface area contributed by atoms with Gasteiger partial charge in [-0.1, -0.05) is 24.3 Å². The zero-order valence-electron chi connectivity index (χ0n) is 11.0. The summed E-state index contributed by atoms with van der Waals surface area (Å²) in [5.41, 5.74) is 1.86. The number of aryl methyl sites for hydroxylation is 1. The van der Waals surface area contributed by atoms with E-state index in [4.69, 9.17) is 9.84 Å². The monoisotopic (exact) mass is 261 g/mol. The van der Waals surface area contributed by atoms with Crippen LogP contribution in [0.5, 0.6) is 0 Å². The van der Waals surface area contributed by atoms with Crippen molar-refractivity contribution in [3.63, 3.8) is 0 Å². The van der Waals surface area contributed by atoms with E-state index in [0.717, 1.165) is 11.1 Å². The summed E-state index contributed by atoms with van der Waals surface area (Å²) in [5.74, 6) is -0.813. The third-order valence-electron chi connectivity index (χ3n) is 2.95. The minimum atomic E-state index is -1.13. The number of hydrogen-bond donors (Lipinski definition) is 1. The first-order valence-corrected chi connectivity index (χ1v) is 5.80. The van der Waals surface area contributed by atoms with Crippen molar-refractivity contribution in [3.8, 4) is 11.4 Å². The van der Waals surface area contributed by atoms with Gasteiger partial charge < -0.3 is 9.84 Å². The molecule has 1 aromatic carbocycles. The first-order chi connectivity index (χ1) is 9.02. The summed E-state index contributed by atoms with van der Waals surface area (Å²) in [6, 6.07) is 7.61. The highest BCUT2D eigenvalue weighted by atomic mass is 16.5. The lowest BCUT2D eigenvalue weighted by molar-refractivity contribution is 0.0683. The number of nitrogens with zero attached hydrogens (tertiary/aromatic N) is 3. The molecule has 1 N–H and O–H groups in total. The lowest BCUT2D eigenvalue weighted by Gasteiger charge is -2.10. The molecule has 0 amide bonds. The van der Waals surface area contributed by atoms with E-state index < -0.39 is 5.97 Å². The van der Waals surface area contributed by atoms with Crippen LogP contribution in [0.25, 0.3) is 11.4 Å². The fourth-order valence-electron chi connectivity index (χ4n) is 1.77. The summed E-state index contributed by atoms with van der Waals surface area (Å²) >= 11 is 0. The Hall–Kier alpha value is -2.21. The van der Waals surface area contributed by atoms with Crippen molar-refractivity contribution in [2.24, 2.45) is 7.05 Å².